The van der Waals surface area contributed by atoms with Crippen LogP contribution in [0.5, 0.6) is 0 Å². The van der Waals surface area contributed by atoms with Crippen LogP contribution in [-0.2, 0) is 9.59 Å². The second-order valence-corrected chi connectivity index (χ2v) is 2.41. The summed E-state index contributed by atoms with van der Waals surface area (Å²) in [6, 6.07) is 1.88. The third-order valence-corrected chi connectivity index (χ3v) is 1.41. The minimum absolute atomic E-state index is 0.861. The molecule has 0 saturated heterocycles. The van der Waals surface area contributed by atoms with Gasteiger partial charge in [-0.25, -0.2) is 0 Å². The molecule has 0 aliphatic rings. The fourth-order valence-corrected chi connectivity index (χ4v) is 0.825. The molecule has 1 heterocycles. The van der Waals surface area contributed by atoms with Crippen molar-refractivity contribution in [2.45, 2.75) is 0 Å². The second-order valence-electron chi connectivity index (χ2n) is 1.63. The monoisotopic (exact) mass is 187 g/mol. The molecule has 66 valence electrons. The molecule has 0 unspecified atom stereocenters. The molecule has 6 heteroatoms. The summed E-state index contributed by atoms with van der Waals surface area (Å²) in [5.74, 6) is -4.37. The number of anilines is 1. The average Bonchev–Trinajstić information content (AvgIpc) is 2.40. The highest BCUT2D eigenvalue weighted by Crippen LogP contribution is 2.05. The molecular weight excluding hydrogens is 182 g/mol. The SMILES string of the molecule is Nc1ccsc1.O=C([O-])C(=O)[O-]. The first-order chi connectivity index (χ1) is 5.54. The number of rotatable bonds is 0. The summed E-state index contributed by atoms with van der Waals surface area (Å²) in [5.41, 5.74) is 6.15. The van der Waals surface area contributed by atoms with Gasteiger partial charge in [-0.05, 0) is 11.4 Å². The van der Waals surface area contributed by atoms with Crippen LogP contribution in [0, 0.1) is 0 Å². The fraction of sp³-hybridized carbons (Fsp3) is 0. The Hall–Kier alpha value is -1.56. The molecule has 0 fully saturated rings. The number of hydrogen-bond donors (Lipinski definition) is 1. The molecule has 5 nitrogen and oxygen atoms in total. The number of thiophene rings is 1. The number of aliphatic carboxylic acids is 2. The van der Waals surface area contributed by atoms with Crippen LogP contribution in [0.4, 0.5) is 5.69 Å². The van der Waals surface area contributed by atoms with Crippen molar-refractivity contribution in [3.63, 3.8) is 0 Å². The molecule has 0 aliphatic carbocycles. The van der Waals surface area contributed by atoms with Gasteiger partial charge in [0.05, 0.1) is 11.9 Å². The van der Waals surface area contributed by atoms with Crippen LogP contribution in [-0.4, -0.2) is 11.9 Å². The van der Waals surface area contributed by atoms with Crippen LogP contribution in [0.2, 0.25) is 0 Å². The number of carboxylic acid groups (broad SMARTS) is 2. The summed E-state index contributed by atoms with van der Waals surface area (Å²) in [6.07, 6.45) is 0. The zero-order valence-electron chi connectivity index (χ0n) is 5.85. The Morgan fingerprint density at radius 2 is 1.83 bits per heavy atom. The molecule has 0 spiro atoms. The largest absolute Gasteiger partial charge is 0.543 e. The van der Waals surface area contributed by atoms with Gasteiger partial charge >= 0.3 is 0 Å². The van der Waals surface area contributed by atoms with Gasteiger partial charge < -0.3 is 25.5 Å². The summed E-state index contributed by atoms with van der Waals surface area (Å²) >= 11 is 1.61. The number of carbonyl (C=O) groups is 2. The van der Waals surface area contributed by atoms with Crippen LogP contribution in [0.1, 0.15) is 0 Å². The predicted molar refractivity (Wildman–Crippen MR) is 38.7 cm³/mol. The maximum atomic E-state index is 8.93. The number of carbonyl (C=O) groups excluding carboxylic acids is 2. The first-order valence-electron chi connectivity index (χ1n) is 2.74. The third kappa shape index (κ3) is 5.24. The minimum Gasteiger partial charge on any atom is -0.543 e. The summed E-state index contributed by atoms with van der Waals surface area (Å²) in [4.78, 5) is 17.9. The minimum atomic E-state index is -2.19. The molecule has 1 aromatic heterocycles. The summed E-state index contributed by atoms with van der Waals surface area (Å²) in [6.45, 7) is 0. The summed E-state index contributed by atoms with van der Waals surface area (Å²) in [7, 11) is 0. The molecule has 1 aromatic rings. The molecule has 0 radical (unpaired) electrons. The van der Waals surface area contributed by atoms with E-state index in [2.05, 4.69) is 0 Å². The lowest BCUT2D eigenvalue weighted by molar-refractivity contribution is -0.345. The third-order valence-electron chi connectivity index (χ3n) is 0.710. The van der Waals surface area contributed by atoms with E-state index in [4.69, 9.17) is 25.5 Å². The lowest BCUT2D eigenvalue weighted by Gasteiger charge is -1.97. The highest BCUT2D eigenvalue weighted by Gasteiger charge is 1.75. The van der Waals surface area contributed by atoms with E-state index in [0.29, 0.717) is 0 Å². The van der Waals surface area contributed by atoms with Gasteiger partial charge in [0.2, 0.25) is 0 Å². The Balaban J connectivity index is 0.000000202. The Bertz CT molecular complexity index is 245. The van der Waals surface area contributed by atoms with Gasteiger partial charge in [0.1, 0.15) is 0 Å². The number of hydrogen-bond acceptors (Lipinski definition) is 6. The normalized spacial score (nSPS) is 8.00. The second kappa shape index (κ2) is 5.14. The van der Waals surface area contributed by atoms with Gasteiger partial charge in [0, 0.05) is 11.1 Å². The van der Waals surface area contributed by atoms with Crippen LogP contribution in [0.25, 0.3) is 0 Å². The lowest BCUT2D eigenvalue weighted by atomic mass is 10.6. The van der Waals surface area contributed by atoms with Gasteiger partial charge in [-0.1, -0.05) is 0 Å². The van der Waals surface area contributed by atoms with Crippen LogP contribution >= 0.6 is 11.3 Å². The zero-order chi connectivity index (χ0) is 9.56. The Morgan fingerprint density at radius 1 is 1.33 bits per heavy atom. The van der Waals surface area contributed by atoms with Crippen molar-refractivity contribution in [2.24, 2.45) is 0 Å². The van der Waals surface area contributed by atoms with Crippen LogP contribution in [0.15, 0.2) is 16.8 Å². The number of carboxylic acids is 2. The van der Waals surface area contributed by atoms with Gasteiger partial charge in [-0.15, -0.1) is 0 Å². The standard InChI is InChI=1S/C4H5NS.C2H2O4/c5-4-1-2-6-3-4;3-1(4)2(5)6/h1-3H,5H2;(H,3,4)(H,5,6)/p-2. The van der Waals surface area contributed by atoms with Crippen LogP contribution in [0.3, 0.4) is 0 Å². The van der Waals surface area contributed by atoms with E-state index in [1.165, 1.54) is 0 Å². The highest BCUT2D eigenvalue weighted by atomic mass is 32.1. The molecule has 0 amide bonds. The van der Waals surface area contributed by atoms with Crippen molar-refractivity contribution >= 4 is 29.0 Å². The zero-order valence-corrected chi connectivity index (χ0v) is 6.67. The van der Waals surface area contributed by atoms with E-state index in [9.17, 15) is 0 Å². The molecule has 0 saturated carbocycles. The van der Waals surface area contributed by atoms with Crippen molar-refractivity contribution in [1.82, 2.24) is 0 Å². The first-order valence-corrected chi connectivity index (χ1v) is 3.68. The van der Waals surface area contributed by atoms with Crippen molar-refractivity contribution in [2.75, 3.05) is 5.73 Å². The topological polar surface area (TPSA) is 106 Å². The van der Waals surface area contributed by atoms with Crippen LogP contribution < -0.4 is 15.9 Å². The first kappa shape index (κ1) is 10.4. The van der Waals surface area contributed by atoms with E-state index >= 15 is 0 Å². The number of nitrogens with two attached hydrogens (primary N) is 1. The van der Waals surface area contributed by atoms with Gasteiger partial charge in [0.15, 0.2) is 0 Å². The highest BCUT2D eigenvalue weighted by molar-refractivity contribution is 7.08. The molecule has 0 bridgehead atoms. The molecule has 1 rings (SSSR count). The Labute approximate surface area is 72.1 Å². The molecule has 12 heavy (non-hydrogen) atoms. The Kier molecular flexibility index (Phi) is 4.47. The van der Waals surface area contributed by atoms with E-state index in [0.717, 1.165) is 5.69 Å². The quantitative estimate of drug-likeness (QED) is 0.464. The average molecular weight is 187 g/mol. The van der Waals surface area contributed by atoms with E-state index in [1.807, 2.05) is 16.8 Å². The smallest absolute Gasteiger partial charge is 0.0870 e. The van der Waals surface area contributed by atoms with Crippen molar-refractivity contribution in [3.05, 3.63) is 16.8 Å². The molecule has 0 aromatic carbocycles. The van der Waals surface area contributed by atoms with E-state index in [1.54, 1.807) is 11.3 Å². The molecule has 2 N–H and O–H groups in total. The maximum Gasteiger partial charge on any atom is 0.0870 e. The fourth-order valence-electron chi connectivity index (χ4n) is 0.275. The lowest BCUT2D eigenvalue weighted by Crippen LogP contribution is -2.42. The van der Waals surface area contributed by atoms with Gasteiger partial charge in [0.25, 0.3) is 0 Å². The van der Waals surface area contributed by atoms with E-state index in [-0.39, 0.29) is 0 Å². The van der Waals surface area contributed by atoms with Crippen molar-refractivity contribution < 1.29 is 19.8 Å². The summed E-state index contributed by atoms with van der Waals surface area (Å²) < 4.78 is 0. The van der Waals surface area contributed by atoms with Gasteiger partial charge in [-0.2, -0.15) is 11.3 Å². The van der Waals surface area contributed by atoms with E-state index < -0.39 is 11.9 Å². The molecular formula is C6H5NO4S-2. The van der Waals surface area contributed by atoms with Gasteiger partial charge in [-0.3, -0.25) is 0 Å². The predicted octanol–water partition coefficient (Wildman–Crippen LogP) is -2.18. The number of nitrogen functional groups attached to an aromatic ring is 1. The Morgan fingerprint density at radius 3 is 1.92 bits per heavy atom. The molecule has 0 aliphatic heterocycles. The van der Waals surface area contributed by atoms with Crippen molar-refractivity contribution in [3.8, 4) is 0 Å². The summed E-state index contributed by atoms with van der Waals surface area (Å²) in [5, 5.41) is 21.7. The molecule has 0 atom stereocenters. The maximum absolute atomic E-state index is 8.93. The van der Waals surface area contributed by atoms with Crippen molar-refractivity contribution in [1.29, 1.82) is 0 Å².